The van der Waals surface area contributed by atoms with Crippen LogP contribution in [0, 0.1) is 5.82 Å². The van der Waals surface area contributed by atoms with Gasteiger partial charge in [-0.25, -0.2) is 19.2 Å². The van der Waals surface area contributed by atoms with Crippen LogP contribution >= 0.6 is 0 Å². The number of nitrogens with zero attached hydrogens (tertiary/aromatic N) is 3. The average molecular weight is 388 g/mol. The van der Waals surface area contributed by atoms with Gasteiger partial charge >= 0.3 is 12.2 Å². The molecular weight excluding hydrogens is 372 g/mol. The molecule has 2 amide bonds. The van der Waals surface area contributed by atoms with Crippen LogP contribution in [0.25, 0.3) is 0 Å². The number of aliphatic hydroxyl groups excluding tert-OH is 1. The molecule has 1 atom stereocenters. The van der Waals surface area contributed by atoms with Gasteiger partial charge in [-0.3, -0.25) is 5.32 Å². The van der Waals surface area contributed by atoms with Gasteiger partial charge in [0, 0.05) is 12.6 Å². The molecule has 0 aliphatic heterocycles. The minimum absolute atomic E-state index is 0.0683. The standard InChI is InChI=1S/C16H16F4N4O3/c1-2-24(8-12(25)16(18,19)20)15(26)23-13-7-14(22-9-21-13)27-11-6-4-3-5-10(11)17/h3-7,9,12,25H,2,8H2,1H3,(H,21,22,23,26). The summed E-state index contributed by atoms with van der Waals surface area (Å²) in [5.74, 6) is -0.873. The van der Waals surface area contributed by atoms with Gasteiger partial charge in [0.2, 0.25) is 5.88 Å². The molecular formula is C16H16F4N4O3. The fourth-order valence-electron chi connectivity index (χ4n) is 1.96. The largest absolute Gasteiger partial charge is 0.436 e. The number of aromatic nitrogens is 2. The SMILES string of the molecule is CCN(CC(O)C(F)(F)F)C(=O)Nc1cc(Oc2ccccc2F)ncn1. The van der Waals surface area contributed by atoms with E-state index >= 15 is 0 Å². The normalized spacial score (nSPS) is 12.4. The number of para-hydroxylation sites is 1. The van der Waals surface area contributed by atoms with Crippen molar-refractivity contribution in [2.45, 2.75) is 19.2 Å². The van der Waals surface area contributed by atoms with Crippen LogP contribution in [-0.4, -0.2) is 51.4 Å². The average Bonchev–Trinajstić information content (AvgIpc) is 2.60. The van der Waals surface area contributed by atoms with Crippen molar-refractivity contribution >= 4 is 11.8 Å². The predicted molar refractivity (Wildman–Crippen MR) is 86.8 cm³/mol. The van der Waals surface area contributed by atoms with Crippen LogP contribution in [0.2, 0.25) is 0 Å². The first-order chi connectivity index (χ1) is 12.7. The van der Waals surface area contributed by atoms with Gasteiger partial charge in [0.05, 0.1) is 6.54 Å². The van der Waals surface area contributed by atoms with E-state index in [-0.39, 0.29) is 24.0 Å². The number of benzene rings is 1. The lowest BCUT2D eigenvalue weighted by atomic mass is 10.3. The van der Waals surface area contributed by atoms with Crippen LogP contribution < -0.4 is 10.1 Å². The molecule has 0 saturated carbocycles. The summed E-state index contributed by atoms with van der Waals surface area (Å²) in [6, 6.07) is 5.85. The molecule has 27 heavy (non-hydrogen) atoms. The second-order valence-corrected chi connectivity index (χ2v) is 5.30. The van der Waals surface area contributed by atoms with Gasteiger partial charge in [-0.2, -0.15) is 13.2 Å². The van der Waals surface area contributed by atoms with Crippen LogP contribution in [0.4, 0.5) is 28.2 Å². The second-order valence-electron chi connectivity index (χ2n) is 5.30. The molecule has 0 bridgehead atoms. The number of aliphatic hydroxyl groups is 1. The van der Waals surface area contributed by atoms with Gasteiger partial charge in [-0.15, -0.1) is 0 Å². The molecule has 2 N–H and O–H groups in total. The summed E-state index contributed by atoms with van der Waals surface area (Å²) >= 11 is 0. The Balaban J connectivity index is 2.06. The van der Waals surface area contributed by atoms with Crippen LogP contribution in [0.3, 0.4) is 0 Å². The van der Waals surface area contributed by atoms with Gasteiger partial charge < -0.3 is 14.7 Å². The van der Waals surface area contributed by atoms with E-state index in [0.29, 0.717) is 0 Å². The van der Waals surface area contributed by atoms with E-state index in [0.717, 1.165) is 11.2 Å². The first-order valence-corrected chi connectivity index (χ1v) is 7.75. The molecule has 7 nitrogen and oxygen atoms in total. The van der Waals surface area contributed by atoms with Crippen molar-refractivity contribution in [3.63, 3.8) is 0 Å². The zero-order chi connectivity index (χ0) is 20.0. The molecule has 2 aromatic rings. The van der Waals surface area contributed by atoms with Gasteiger partial charge in [-0.05, 0) is 19.1 Å². The molecule has 2 rings (SSSR count). The highest BCUT2D eigenvalue weighted by molar-refractivity contribution is 5.88. The number of nitrogens with one attached hydrogen (secondary N) is 1. The summed E-state index contributed by atoms with van der Waals surface area (Å²) in [4.78, 5) is 20.4. The highest BCUT2D eigenvalue weighted by Gasteiger charge is 2.39. The molecule has 1 aromatic carbocycles. The maximum Gasteiger partial charge on any atom is 0.416 e. The number of carbonyl (C=O) groups excluding carboxylic acids is 1. The summed E-state index contributed by atoms with van der Waals surface area (Å²) in [5.41, 5.74) is 0. The summed E-state index contributed by atoms with van der Waals surface area (Å²) in [6.07, 6.45) is -6.48. The molecule has 1 heterocycles. The Morgan fingerprint density at radius 3 is 2.67 bits per heavy atom. The van der Waals surface area contributed by atoms with Crippen LogP contribution in [0.1, 0.15) is 6.92 Å². The fourth-order valence-corrected chi connectivity index (χ4v) is 1.96. The third-order valence-corrected chi connectivity index (χ3v) is 3.37. The zero-order valence-corrected chi connectivity index (χ0v) is 14.1. The number of alkyl halides is 3. The Morgan fingerprint density at radius 1 is 1.33 bits per heavy atom. The van der Waals surface area contributed by atoms with E-state index in [9.17, 15) is 22.4 Å². The number of carbonyl (C=O) groups is 1. The van der Waals surface area contributed by atoms with E-state index in [1.165, 1.54) is 31.2 Å². The van der Waals surface area contributed by atoms with E-state index in [2.05, 4.69) is 15.3 Å². The number of halogens is 4. The number of hydrogen-bond donors (Lipinski definition) is 2. The van der Waals surface area contributed by atoms with Crippen molar-refractivity contribution in [1.82, 2.24) is 14.9 Å². The van der Waals surface area contributed by atoms with Crippen molar-refractivity contribution in [2.75, 3.05) is 18.4 Å². The maximum atomic E-state index is 13.6. The Bertz CT molecular complexity index is 788. The third kappa shape index (κ3) is 5.78. The van der Waals surface area contributed by atoms with Gasteiger partial charge in [0.1, 0.15) is 12.1 Å². The first kappa shape index (κ1) is 20.4. The molecule has 0 aliphatic rings. The molecule has 0 aliphatic carbocycles. The summed E-state index contributed by atoms with van der Waals surface area (Å²) in [6.45, 7) is 0.438. The highest BCUT2D eigenvalue weighted by atomic mass is 19.4. The van der Waals surface area contributed by atoms with Crippen LogP contribution in [0.5, 0.6) is 11.6 Å². The molecule has 1 unspecified atom stereocenters. The lowest BCUT2D eigenvalue weighted by Gasteiger charge is -2.25. The third-order valence-electron chi connectivity index (χ3n) is 3.37. The summed E-state index contributed by atoms with van der Waals surface area (Å²) < 4.78 is 56.2. The molecule has 11 heteroatoms. The van der Waals surface area contributed by atoms with Gasteiger partial charge in [0.15, 0.2) is 17.7 Å². The number of rotatable bonds is 6. The van der Waals surface area contributed by atoms with Gasteiger partial charge in [-0.1, -0.05) is 12.1 Å². The van der Waals surface area contributed by atoms with Crippen molar-refractivity contribution < 1.29 is 32.2 Å². The Labute approximate surface area is 151 Å². The summed E-state index contributed by atoms with van der Waals surface area (Å²) in [5, 5.41) is 11.4. The van der Waals surface area contributed by atoms with E-state index in [1.54, 1.807) is 6.07 Å². The Morgan fingerprint density at radius 2 is 2.04 bits per heavy atom. The Hall–Kier alpha value is -2.95. The fraction of sp³-hybridized carbons (Fsp3) is 0.312. The molecule has 0 radical (unpaired) electrons. The summed E-state index contributed by atoms with van der Waals surface area (Å²) in [7, 11) is 0. The number of anilines is 1. The molecule has 0 fully saturated rings. The smallest absolute Gasteiger partial charge is 0.416 e. The molecule has 0 saturated heterocycles. The minimum Gasteiger partial charge on any atom is -0.436 e. The topological polar surface area (TPSA) is 87.6 Å². The predicted octanol–water partition coefficient (Wildman–Crippen LogP) is 3.19. The van der Waals surface area contributed by atoms with Crippen molar-refractivity contribution in [2.24, 2.45) is 0 Å². The van der Waals surface area contributed by atoms with Crippen LogP contribution in [-0.2, 0) is 0 Å². The molecule has 146 valence electrons. The van der Waals surface area contributed by atoms with E-state index in [1.807, 2.05) is 0 Å². The van der Waals surface area contributed by atoms with Gasteiger partial charge in [0.25, 0.3) is 0 Å². The lowest BCUT2D eigenvalue weighted by molar-refractivity contribution is -0.206. The number of hydrogen-bond acceptors (Lipinski definition) is 5. The monoisotopic (exact) mass is 388 g/mol. The number of likely N-dealkylation sites (N-methyl/N-ethyl adjacent to an activating group) is 1. The van der Waals surface area contributed by atoms with Crippen molar-refractivity contribution in [3.8, 4) is 11.6 Å². The van der Waals surface area contributed by atoms with Crippen LogP contribution in [0.15, 0.2) is 36.7 Å². The highest BCUT2D eigenvalue weighted by Crippen LogP contribution is 2.24. The van der Waals surface area contributed by atoms with E-state index in [4.69, 9.17) is 9.84 Å². The maximum absolute atomic E-state index is 13.6. The molecule has 0 spiro atoms. The molecule has 1 aromatic heterocycles. The number of ether oxygens (including phenoxy) is 1. The number of urea groups is 1. The first-order valence-electron chi connectivity index (χ1n) is 7.75. The minimum atomic E-state index is -4.84. The zero-order valence-electron chi connectivity index (χ0n) is 14.1. The number of amides is 2. The van der Waals surface area contributed by atoms with Crippen molar-refractivity contribution in [3.05, 3.63) is 42.5 Å². The lowest BCUT2D eigenvalue weighted by Crippen LogP contribution is -2.45. The van der Waals surface area contributed by atoms with E-state index < -0.39 is 30.7 Å². The second kappa shape index (κ2) is 8.62. The Kier molecular flexibility index (Phi) is 6.50. The van der Waals surface area contributed by atoms with Crippen molar-refractivity contribution in [1.29, 1.82) is 0 Å². The quantitative estimate of drug-likeness (QED) is 0.743.